The Morgan fingerprint density at radius 2 is 2.00 bits per heavy atom. The first-order valence-electron chi connectivity index (χ1n) is 7.78. The second kappa shape index (κ2) is 7.58. The highest BCUT2D eigenvalue weighted by atomic mass is 16.2. The summed E-state index contributed by atoms with van der Waals surface area (Å²) in [5, 5.41) is 9.80. The minimum atomic E-state index is -0.279. The fraction of sp³-hybridized carbons (Fsp3) is 0.353. The number of amides is 2. The molecule has 122 valence electrons. The summed E-state index contributed by atoms with van der Waals surface area (Å²) in [6.45, 7) is 7.02. The van der Waals surface area contributed by atoms with Gasteiger partial charge in [0.05, 0.1) is 5.69 Å². The van der Waals surface area contributed by atoms with E-state index in [0.29, 0.717) is 24.3 Å². The number of nitrogens with zero attached hydrogens (tertiary/aromatic N) is 2. The van der Waals surface area contributed by atoms with Gasteiger partial charge < -0.3 is 10.6 Å². The van der Waals surface area contributed by atoms with Crippen LogP contribution < -0.4 is 10.6 Å². The molecule has 2 aromatic rings. The van der Waals surface area contributed by atoms with E-state index in [1.165, 1.54) is 0 Å². The number of aryl methyl sites for hydroxylation is 2. The van der Waals surface area contributed by atoms with Crippen molar-refractivity contribution in [3.8, 4) is 0 Å². The molecule has 0 aliphatic heterocycles. The van der Waals surface area contributed by atoms with Gasteiger partial charge in [0.1, 0.15) is 0 Å². The molecule has 2 amide bonds. The Labute approximate surface area is 135 Å². The van der Waals surface area contributed by atoms with Crippen LogP contribution >= 0.6 is 0 Å². The minimum Gasteiger partial charge on any atom is -0.351 e. The van der Waals surface area contributed by atoms with Crippen LogP contribution in [0.3, 0.4) is 0 Å². The lowest BCUT2D eigenvalue weighted by molar-refractivity contribution is 0.0948. The molecule has 0 radical (unpaired) electrons. The van der Waals surface area contributed by atoms with Gasteiger partial charge in [-0.05, 0) is 32.4 Å². The SMILES string of the molecule is CCCNC(=O)c1nn(CC)cc1NC(=O)c1cccc(C)c1. The number of carbonyl (C=O) groups is 2. The van der Waals surface area contributed by atoms with Gasteiger partial charge in [-0.25, -0.2) is 0 Å². The Balaban J connectivity index is 2.22. The van der Waals surface area contributed by atoms with Gasteiger partial charge in [0.25, 0.3) is 11.8 Å². The van der Waals surface area contributed by atoms with Crippen molar-refractivity contribution in [3.63, 3.8) is 0 Å². The third-order valence-corrected chi connectivity index (χ3v) is 3.36. The van der Waals surface area contributed by atoms with Gasteiger partial charge in [-0.1, -0.05) is 24.6 Å². The van der Waals surface area contributed by atoms with Crippen molar-refractivity contribution in [2.24, 2.45) is 0 Å². The van der Waals surface area contributed by atoms with Gasteiger partial charge in [0, 0.05) is 24.8 Å². The van der Waals surface area contributed by atoms with Crippen LogP contribution in [0.15, 0.2) is 30.5 Å². The van der Waals surface area contributed by atoms with Gasteiger partial charge in [0.2, 0.25) is 0 Å². The average molecular weight is 314 g/mol. The molecule has 0 saturated carbocycles. The van der Waals surface area contributed by atoms with Gasteiger partial charge in [-0.15, -0.1) is 0 Å². The molecule has 0 aliphatic rings. The van der Waals surface area contributed by atoms with Crippen LogP contribution in [0.2, 0.25) is 0 Å². The van der Waals surface area contributed by atoms with E-state index in [9.17, 15) is 9.59 Å². The number of rotatable bonds is 6. The van der Waals surface area contributed by atoms with E-state index in [-0.39, 0.29) is 17.5 Å². The molecule has 0 bridgehead atoms. The molecule has 0 saturated heterocycles. The first-order chi connectivity index (χ1) is 11.0. The summed E-state index contributed by atoms with van der Waals surface area (Å²) in [5.74, 6) is -0.535. The first-order valence-corrected chi connectivity index (χ1v) is 7.78. The molecule has 2 rings (SSSR count). The molecule has 6 nitrogen and oxygen atoms in total. The van der Waals surface area contributed by atoms with Crippen molar-refractivity contribution < 1.29 is 9.59 Å². The van der Waals surface area contributed by atoms with Crippen molar-refractivity contribution >= 4 is 17.5 Å². The zero-order valence-corrected chi connectivity index (χ0v) is 13.7. The van der Waals surface area contributed by atoms with Crippen molar-refractivity contribution in [2.45, 2.75) is 33.7 Å². The number of carbonyl (C=O) groups excluding carboxylic acids is 2. The fourth-order valence-corrected chi connectivity index (χ4v) is 2.15. The maximum Gasteiger partial charge on any atom is 0.273 e. The topological polar surface area (TPSA) is 76.0 Å². The van der Waals surface area contributed by atoms with Gasteiger partial charge >= 0.3 is 0 Å². The van der Waals surface area contributed by atoms with Crippen LogP contribution in [0.4, 0.5) is 5.69 Å². The summed E-state index contributed by atoms with van der Waals surface area (Å²) in [6, 6.07) is 7.30. The van der Waals surface area contributed by atoms with Gasteiger partial charge in [0.15, 0.2) is 5.69 Å². The zero-order valence-electron chi connectivity index (χ0n) is 13.7. The Morgan fingerprint density at radius 3 is 2.65 bits per heavy atom. The predicted octanol–water partition coefficient (Wildman–Crippen LogP) is 2.60. The van der Waals surface area contributed by atoms with E-state index < -0.39 is 0 Å². The van der Waals surface area contributed by atoms with Crippen molar-refractivity contribution in [2.75, 3.05) is 11.9 Å². The van der Waals surface area contributed by atoms with Crippen molar-refractivity contribution in [1.29, 1.82) is 0 Å². The van der Waals surface area contributed by atoms with Crippen molar-refractivity contribution in [3.05, 3.63) is 47.3 Å². The highest BCUT2D eigenvalue weighted by Gasteiger charge is 2.18. The molecule has 0 spiro atoms. The third-order valence-electron chi connectivity index (χ3n) is 3.36. The second-order valence-corrected chi connectivity index (χ2v) is 5.33. The molecule has 23 heavy (non-hydrogen) atoms. The lowest BCUT2D eigenvalue weighted by Gasteiger charge is -2.06. The molecule has 0 unspecified atom stereocenters. The maximum absolute atomic E-state index is 12.4. The highest BCUT2D eigenvalue weighted by Crippen LogP contribution is 2.16. The summed E-state index contributed by atoms with van der Waals surface area (Å²) in [4.78, 5) is 24.6. The number of nitrogens with one attached hydrogen (secondary N) is 2. The molecular formula is C17H22N4O2. The molecule has 1 heterocycles. The van der Waals surface area contributed by atoms with Crippen LogP contribution in [-0.2, 0) is 6.54 Å². The predicted molar refractivity (Wildman–Crippen MR) is 89.7 cm³/mol. The van der Waals surface area contributed by atoms with Gasteiger partial charge in [-0.3, -0.25) is 14.3 Å². The monoisotopic (exact) mass is 314 g/mol. The smallest absolute Gasteiger partial charge is 0.273 e. The number of benzene rings is 1. The number of hydrogen-bond acceptors (Lipinski definition) is 3. The summed E-state index contributed by atoms with van der Waals surface area (Å²) in [5.41, 5.74) is 2.21. The molecule has 1 aromatic carbocycles. The molecule has 2 N–H and O–H groups in total. The van der Waals surface area contributed by atoms with Crippen LogP contribution in [0, 0.1) is 6.92 Å². The minimum absolute atomic E-state index is 0.237. The molecule has 0 atom stereocenters. The normalized spacial score (nSPS) is 10.4. The Morgan fingerprint density at radius 1 is 1.22 bits per heavy atom. The maximum atomic E-state index is 12.4. The first kappa shape index (κ1) is 16.7. The fourth-order valence-electron chi connectivity index (χ4n) is 2.15. The lowest BCUT2D eigenvalue weighted by Crippen LogP contribution is -2.26. The van der Waals surface area contributed by atoms with Crippen LogP contribution in [-0.4, -0.2) is 28.1 Å². The summed E-state index contributed by atoms with van der Waals surface area (Å²) >= 11 is 0. The van der Waals surface area contributed by atoms with E-state index in [1.54, 1.807) is 23.0 Å². The van der Waals surface area contributed by atoms with Crippen molar-refractivity contribution in [1.82, 2.24) is 15.1 Å². The van der Waals surface area contributed by atoms with Crippen LogP contribution in [0.5, 0.6) is 0 Å². The Kier molecular flexibility index (Phi) is 5.51. The quantitative estimate of drug-likeness (QED) is 0.860. The molecular weight excluding hydrogens is 292 g/mol. The summed E-state index contributed by atoms with van der Waals surface area (Å²) < 4.78 is 1.63. The van der Waals surface area contributed by atoms with E-state index >= 15 is 0 Å². The number of anilines is 1. The van der Waals surface area contributed by atoms with Crippen LogP contribution in [0.25, 0.3) is 0 Å². The van der Waals surface area contributed by atoms with E-state index in [4.69, 9.17) is 0 Å². The Bertz CT molecular complexity index is 706. The molecule has 1 aromatic heterocycles. The lowest BCUT2D eigenvalue weighted by atomic mass is 10.1. The summed E-state index contributed by atoms with van der Waals surface area (Å²) in [7, 11) is 0. The number of aromatic nitrogens is 2. The van der Waals surface area contributed by atoms with Gasteiger partial charge in [-0.2, -0.15) is 5.10 Å². The zero-order chi connectivity index (χ0) is 16.8. The van der Waals surface area contributed by atoms with Crippen LogP contribution in [0.1, 0.15) is 46.7 Å². The standard InChI is InChI=1S/C17H22N4O2/c1-4-9-18-17(23)15-14(11-21(5-2)20-15)19-16(22)13-8-6-7-12(3)10-13/h6-8,10-11H,4-5,9H2,1-3H3,(H,18,23)(H,19,22). The second-order valence-electron chi connectivity index (χ2n) is 5.33. The summed E-state index contributed by atoms with van der Waals surface area (Å²) in [6.07, 6.45) is 2.51. The molecule has 6 heteroatoms. The number of hydrogen-bond donors (Lipinski definition) is 2. The molecule has 0 aliphatic carbocycles. The Hall–Kier alpha value is -2.63. The van der Waals surface area contributed by atoms with E-state index in [2.05, 4.69) is 15.7 Å². The highest BCUT2D eigenvalue weighted by molar-refractivity contribution is 6.08. The van der Waals surface area contributed by atoms with E-state index in [0.717, 1.165) is 12.0 Å². The molecule has 0 fully saturated rings. The third kappa shape index (κ3) is 4.18. The largest absolute Gasteiger partial charge is 0.351 e. The average Bonchev–Trinajstić information content (AvgIpc) is 2.95. The van der Waals surface area contributed by atoms with E-state index in [1.807, 2.05) is 32.9 Å².